The number of rotatable bonds is 6. The van der Waals surface area contributed by atoms with E-state index in [0.717, 1.165) is 39.5 Å². The Bertz CT molecular complexity index is 1560. The molecular formula is C33H24N4. The quantitative estimate of drug-likeness (QED) is 0.249. The van der Waals surface area contributed by atoms with Crippen LogP contribution < -0.4 is 0 Å². The van der Waals surface area contributed by atoms with Gasteiger partial charge in [0, 0.05) is 28.8 Å². The maximum atomic E-state index is 4.96. The fourth-order valence-corrected chi connectivity index (χ4v) is 4.31. The van der Waals surface area contributed by atoms with Gasteiger partial charge in [-0.15, -0.1) is 0 Å². The van der Waals surface area contributed by atoms with Gasteiger partial charge >= 0.3 is 0 Å². The highest BCUT2D eigenvalue weighted by Gasteiger charge is 2.15. The summed E-state index contributed by atoms with van der Waals surface area (Å²) in [5, 5.41) is 0. The monoisotopic (exact) mass is 476 g/mol. The van der Waals surface area contributed by atoms with Crippen LogP contribution in [0.5, 0.6) is 0 Å². The van der Waals surface area contributed by atoms with Gasteiger partial charge in [-0.05, 0) is 17.7 Å². The van der Waals surface area contributed by atoms with E-state index in [1.807, 2.05) is 78.9 Å². The summed E-state index contributed by atoms with van der Waals surface area (Å²) >= 11 is 0. The van der Waals surface area contributed by atoms with Crippen LogP contribution in [0.15, 0.2) is 133 Å². The van der Waals surface area contributed by atoms with E-state index in [1.54, 1.807) is 0 Å². The molecule has 176 valence electrons. The fourth-order valence-electron chi connectivity index (χ4n) is 4.31. The Kier molecular flexibility index (Phi) is 6.29. The van der Waals surface area contributed by atoms with Crippen molar-refractivity contribution in [2.75, 3.05) is 0 Å². The summed E-state index contributed by atoms with van der Waals surface area (Å²) in [7, 11) is 0. The molecule has 0 unspecified atom stereocenters. The van der Waals surface area contributed by atoms with Gasteiger partial charge in [0.15, 0.2) is 11.6 Å². The maximum absolute atomic E-state index is 4.96. The molecule has 37 heavy (non-hydrogen) atoms. The van der Waals surface area contributed by atoms with Crippen molar-refractivity contribution in [1.29, 1.82) is 0 Å². The predicted octanol–water partition coefficient (Wildman–Crippen LogP) is 7.53. The zero-order valence-electron chi connectivity index (χ0n) is 20.2. The van der Waals surface area contributed by atoms with Gasteiger partial charge < -0.3 is 0 Å². The van der Waals surface area contributed by atoms with E-state index in [-0.39, 0.29) is 0 Å². The summed E-state index contributed by atoms with van der Waals surface area (Å²) in [5.41, 5.74) is 7.71. The van der Waals surface area contributed by atoms with Gasteiger partial charge in [0.05, 0.1) is 17.1 Å². The Morgan fingerprint density at radius 2 is 0.757 bits per heavy atom. The number of benzene rings is 4. The Morgan fingerprint density at radius 1 is 0.378 bits per heavy atom. The van der Waals surface area contributed by atoms with E-state index in [4.69, 9.17) is 19.9 Å². The minimum Gasteiger partial charge on any atom is -0.230 e. The predicted molar refractivity (Wildman–Crippen MR) is 149 cm³/mol. The first-order valence-corrected chi connectivity index (χ1v) is 12.3. The average Bonchev–Trinajstić information content (AvgIpc) is 2.99. The molecule has 0 radical (unpaired) electrons. The second kappa shape index (κ2) is 10.3. The van der Waals surface area contributed by atoms with Crippen LogP contribution in [0.2, 0.25) is 0 Å². The first kappa shape index (κ1) is 22.5. The highest BCUT2D eigenvalue weighted by atomic mass is 15.0. The molecule has 4 heteroatoms. The van der Waals surface area contributed by atoms with Crippen molar-refractivity contribution in [2.24, 2.45) is 0 Å². The highest BCUT2D eigenvalue weighted by molar-refractivity contribution is 5.71. The van der Waals surface area contributed by atoms with Crippen molar-refractivity contribution in [3.8, 4) is 45.4 Å². The van der Waals surface area contributed by atoms with Crippen molar-refractivity contribution in [3.63, 3.8) is 0 Å². The van der Waals surface area contributed by atoms with E-state index in [2.05, 4.69) is 54.6 Å². The number of aromatic nitrogens is 4. The lowest BCUT2D eigenvalue weighted by Gasteiger charge is -2.11. The van der Waals surface area contributed by atoms with E-state index in [0.29, 0.717) is 18.1 Å². The largest absolute Gasteiger partial charge is 0.230 e. The molecule has 0 saturated heterocycles. The molecule has 0 aliphatic heterocycles. The normalized spacial score (nSPS) is 10.8. The lowest BCUT2D eigenvalue weighted by atomic mass is 10.1. The topological polar surface area (TPSA) is 51.6 Å². The minimum atomic E-state index is 0.507. The molecule has 2 aromatic heterocycles. The number of hydrogen-bond acceptors (Lipinski definition) is 4. The molecule has 4 nitrogen and oxygen atoms in total. The Hall–Kier alpha value is -4.96. The van der Waals surface area contributed by atoms with E-state index in [9.17, 15) is 0 Å². The van der Waals surface area contributed by atoms with Gasteiger partial charge in [-0.25, -0.2) is 19.9 Å². The van der Waals surface area contributed by atoms with E-state index < -0.39 is 0 Å². The molecule has 0 atom stereocenters. The Morgan fingerprint density at radius 3 is 1.22 bits per heavy atom. The van der Waals surface area contributed by atoms with Crippen LogP contribution in [0, 0.1) is 0 Å². The smallest absolute Gasteiger partial charge is 0.198 e. The first-order valence-electron chi connectivity index (χ1n) is 12.3. The molecule has 0 fully saturated rings. The van der Waals surface area contributed by atoms with E-state index in [1.165, 1.54) is 5.56 Å². The minimum absolute atomic E-state index is 0.507. The van der Waals surface area contributed by atoms with Crippen molar-refractivity contribution in [2.45, 2.75) is 6.42 Å². The summed E-state index contributed by atoms with van der Waals surface area (Å²) in [6.07, 6.45) is 0.695. The standard InChI is InChI=1S/C33H24N4/c1-5-13-24(14-6-1)21-28-22-29(25-15-7-2-8-16-25)35-32(34-28)33-36-30(26-17-9-3-10-18-26)23-31(37-33)27-19-11-4-12-20-27/h1-20,22-23H,21H2. The molecule has 0 aliphatic carbocycles. The summed E-state index contributed by atoms with van der Waals surface area (Å²) in [6.45, 7) is 0. The van der Waals surface area contributed by atoms with Crippen molar-refractivity contribution in [3.05, 3.63) is 145 Å². The second-order valence-corrected chi connectivity index (χ2v) is 8.79. The van der Waals surface area contributed by atoms with Crippen LogP contribution in [0.3, 0.4) is 0 Å². The molecule has 0 bridgehead atoms. The molecule has 2 heterocycles. The summed E-state index contributed by atoms with van der Waals surface area (Å²) in [5.74, 6) is 1.02. The summed E-state index contributed by atoms with van der Waals surface area (Å²) < 4.78 is 0. The summed E-state index contributed by atoms with van der Waals surface area (Å²) in [4.78, 5) is 19.8. The molecule has 0 aliphatic rings. The number of nitrogens with zero attached hydrogens (tertiary/aromatic N) is 4. The van der Waals surface area contributed by atoms with Gasteiger partial charge in [0.1, 0.15) is 0 Å². The van der Waals surface area contributed by atoms with Crippen LogP contribution in [-0.2, 0) is 6.42 Å². The number of hydrogen-bond donors (Lipinski definition) is 0. The Balaban J connectivity index is 1.53. The van der Waals surface area contributed by atoms with Crippen molar-refractivity contribution < 1.29 is 0 Å². The van der Waals surface area contributed by atoms with E-state index >= 15 is 0 Å². The third-order valence-corrected chi connectivity index (χ3v) is 6.14. The van der Waals surface area contributed by atoms with Gasteiger partial charge in [-0.3, -0.25) is 0 Å². The summed E-state index contributed by atoms with van der Waals surface area (Å²) in [6, 6.07) is 44.9. The lowest BCUT2D eigenvalue weighted by Crippen LogP contribution is -2.03. The zero-order valence-corrected chi connectivity index (χ0v) is 20.2. The molecule has 6 rings (SSSR count). The molecule has 0 N–H and O–H groups in total. The third-order valence-electron chi connectivity index (χ3n) is 6.14. The molecule has 4 aromatic carbocycles. The molecule has 6 aromatic rings. The Labute approximate surface area is 216 Å². The van der Waals surface area contributed by atoms with Crippen LogP contribution in [0.25, 0.3) is 45.4 Å². The first-order chi connectivity index (χ1) is 18.3. The second-order valence-electron chi connectivity index (χ2n) is 8.79. The van der Waals surface area contributed by atoms with Crippen LogP contribution in [0.1, 0.15) is 11.3 Å². The van der Waals surface area contributed by atoms with Crippen LogP contribution in [0.4, 0.5) is 0 Å². The third kappa shape index (κ3) is 5.19. The zero-order chi connectivity index (χ0) is 24.9. The van der Waals surface area contributed by atoms with Crippen LogP contribution >= 0.6 is 0 Å². The molecular weight excluding hydrogens is 452 g/mol. The average molecular weight is 477 g/mol. The van der Waals surface area contributed by atoms with Gasteiger partial charge in [-0.2, -0.15) is 0 Å². The molecule has 0 amide bonds. The SMILES string of the molecule is c1ccc(Cc2cc(-c3ccccc3)nc(-c3nc(-c4ccccc4)cc(-c4ccccc4)n3)n2)cc1. The van der Waals surface area contributed by atoms with Gasteiger partial charge in [0.25, 0.3) is 0 Å². The maximum Gasteiger partial charge on any atom is 0.198 e. The van der Waals surface area contributed by atoms with Gasteiger partial charge in [-0.1, -0.05) is 121 Å². The van der Waals surface area contributed by atoms with Crippen LogP contribution in [-0.4, -0.2) is 19.9 Å². The van der Waals surface area contributed by atoms with Crippen molar-refractivity contribution >= 4 is 0 Å². The molecule has 0 saturated carbocycles. The molecule has 0 spiro atoms. The lowest BCUT2D eigenvalue weighted by molar-refractivity contribution is 1.01. The fraction of sp³-hybridized carbons (Fsp3) is 0.0303. The highest BCUT2D eigenvalue weighted by Crippen LogP contribution is 2.28. The van der Waals surface area contributed by atoms with Crippen molar-refractivity contribution in [1.82, 2.24) is 19.9 Å². The van der Waals surface area contributed by atoms with Gasteiger partial charge in [0.2, 0.25) is 0 Å².